The minimum absolute atomic E-state index is 0.251. The van der Waals surface area contributed by atoms with E-state index in [0.717, 1.165) is 35.5 Å². The fraction of sp³-hybridized carbons (Fsp3) is 0.211. The molecule has 4 heteroatoms. The van der Waals surface area contributed by atoms with Gasteiger partial charge in [-0.3, -0.25) is 4.79 Å². The van der Waals surface area contributed by atoms with Crippen molar-refractivity contribution in [3.05, 3.63) is 65.9 Å². The number of allylic oxidation sites excluding steroid dienone is 1. The average molecular weight is 305 g/mol. The Labute approximate surface area is 136 Å². The van der Waals surface area contributed by atoms with Crippen molar-refractivity contribution in [3.63, 3.8) is 0 Å². The Morgan fingerprint density at radius 1 is 0.913 bits per heavy atom. The molecule has 1 fully saturated rings. The second kappa shape index (κ2) is 7.01. The van der Waals surface area contributed by atoms with Gasteiger partial charge in [0, 0.05) is 23.9 Å². The van der Waals surface area contributed by atoms with Crippen LogP contribution in [-0.4, -0.2) is 5.78 Å². The Kier molecular flexibility index (Phi) is 4.62. The number of nitrogens with one attached hydrogen (secondary N) is 1. The first kappa shape index (κ1) is 15.2. The summed E-state index contributed by atoms with van der Waals surface area (Å²) in [6, 6.07) is 15.6. The second-order valence-electron chi connectivity index (χ2n) is 5.67. The average Bonchev–Trinajstić information content (AvgIpc) is 2.98. The molecule has 0 bridgehead atoms. The first-order valence-electron chi connectivity index (χ1n) is 7.78. The number of anilines is 1. The number of carbonyl (C=O) groups excluding carboxylic acids is 1. The molecule has 0 heterocycles. The summed E-state index contributed by atoms with van der Waals surface area (Å²) >= 11 is 0. The number of aryl methyl sites for hydroxylation is 1. The third kappa shape index (κ3) is 4.13. The predicted molar refractivity (Wildman–Crippen MR) is 92.4 cm³/mol. The molecule has 4 nitrogen and oxygen atoms in total. The molecule has 0 aliphatic heterocycles. The second-order valence-corrected chi connectivity index (χ2v) is 5.67. The van der Waals surface area contributed by atoms with Crippen molar-refractivity contribution in [2.75, 3.05) is 5.32 Å². The highest BCUT2D eigenvalue weighted by molar-refractivity contribution is 5.97. The van der Waals surface area contributed by atoms with Crippen LogP contribution >= 0.6 is 0 Å². The van der Waals surface area contributed by atoms with Gasteiger partial charge in [0.1, 0.15) is 0 Å². The number of rotatable bonds is 4. The summed E-state index contributed by atoms with van der Waals surface area (Å²) in [6.07, 6.45) is 4.32. The maximum atomic E-state index is 11.6. The lowest BCUT2D eigenvalue weighted by atomic mass is 10.2. The van der Waals surface area contributed by atoms with Gasteiger partial charge in [-0.1, -0.05) is 17.7 Å². The molecule has 1 aliphatic rings. The molecule has 0 unspecified atom stereocenters. The van der Waals surface area contributed by atoms with Crippen LogP contribution in [0.25, 0.3) is 0 Å². The van der Waals surface area contributed by atoms with Crippen molar-refractivity contribution >= 4 is 22.8 Å². The van der Waals surface area contributed by atoms with Gasteiger partial charge in [-0.05, 0) is 56.2 Å². The van der Waals surface area contributed by atoms with E-state index in [0.29, 0.717) is 6.42 Å². The molecular weight excluding hydrogens is 286 g/mol. The van der Waals surface area contributed by atoms with Crippen LogP contribution in [-0.2, 0) is 4.79 Å². The maximum absolute atomic E-state index is 11.6. The van der Waals surface area contributed by atoms with Crippen LogP contribution in [0.15, 0.2) is 70.5 Å². The van der Waals surface area contributed by atoms with Crippen LogP contribution in [0.2, 0.25) is 0 Å². The zero-order valence-electron chi connectivity index (χ0n) is 13.1. The molecule has 116 valence electrons. The molecule has 3 rings (SSSR count). The number of hydrogen-bond donors (Lipinski definition) is 1. The van der Waals surface area contributed by atoms with Gasteiger partial charge >= 0.3 is 0 Å². The van der Waals surface area contributed by atoms with E-state index in [9.17, 15) is 4.79 Å². The van der Waals surface area contributed by atoms with Crippen molar-refractivity contribution in [1.82, 2.24) is 0 Å². The fourth-order valence-electron chi connectivity index (χ4n) is 2.41. The quantitative estimate of drug-likeness (QED) is 0.602. The zero-order chi connectivity index (χ0) is 16.1. The van der Waals surface area contributed by atoms with E-state index in [-0.39, 0.29) is 5.78 Å². The van der Waals surface area contributed by atoms with E-state index < -0.39 is 0 Å². The third-order valence-electron chi connectivity index (χ3n) is 3.80. The highest BCUT2D eigenvalue weighted by atomic mass is 16.1. The molecule has 23 heavy (non-hydrogen) atoms. The molecule has 2 aromatic carbocycles. The van der Waals surface area contributed by atoms with Gasteiger partial charge in [0.05, 0.1) is 11.4 Å². The highest BCUT2D eigenvalue weighted by Gasteiger charge is 2.16. The number of ketones is 1. The number of Topliss-reactive ketones (excluding diaryl/α,β-unsaturated/α-hetero) is 1. The Morgan fingerprint density at radius 3 is 2.09 bits per heavy atom. The van der Waals surface area contributed by atoms with Gasteiger partial charge in [-0.15, -0.1) is 0 Å². The Hall–Kier alpha value is -2.75. The monoisotopic (exact) mass is 305 g/mol. The van der Waals surface area contributed by atoms with Crippen LogP contribution in [0, 0.1) is 6.92 Å². The molecule has 0 spiro atoms. The van der Waals surface area contributed by atoms with Gasteiger partial charge < -0.3 is 5.32 Å². The van der Waals surface area contributed by atoms with Crippen LogP contribution < -0.4 is 5.32 Å². The molecule has 0 atom stereocenters. The van der Waals surface area contributed by atoms with Crippen molar-refractivity contribution in [2.24, 2.45) is 10.2 Å². The number of azo groups is 1. The molecular formula is C19H19N3O. The molecule has 1 saturated carbocycles. The molecule has 0 aromatic heterocycles. The summed E-state index contributed by atoms with van der Waals surface area (Å²) in [6.45, 7) is 2.04. The number of nitrogens with zero attached hydrogens (tertiary/aromatic N) is 2. The van der Waals surface area contributed by atoms with Crippen molar-refractivity contribution in [3.8, 4) is 0 Å². The van der Waals surface area contributed by atoms with Crippen LogP contribution in [0.5, 0.6) is 0 Å². The van der Waals surface area contributed by atoms with Crippen LogP contribution in [0.1, 0.15) is 24.8 Å². The summed E-state index contributed by atoms with van der Waals surface area (Å²) in [4.78, 5) is 11.6. The molecule has 1 aliphatic carbocycles. The summed E-state index contributed by atoms with van der Waals surface area (Å²) in [5.74, 6) is 0.251. The van der Waals surface area contributed by atoms with Crippen molar-refractivity contribution in [2.45, 2.75) is 26.2 Å². The SMILES string of the molecule is Cc1ccc(N=Nc2ccc(N/C=C3/CCCC3=O)cc2)cc1. The standard InChI is InChI=1S/C19H19N3O/c1-14-5-7-17(8-6-14)21-22-18-11-9-16(10-12-18)20-13-15-3-2-4-19(15)23/h5-13,20H,2-4H2,1H3/b15-13-,22-21?. The molecule has 0 radical (unpaired) electrons. The van der Waals surface area contributed by atoms with Gasteiger partial charge in [-0.25, -0.2) is 0 Å². The topological polar surface area (TPSA) is 53.8 Å². The van der Waals surface area contributed by atoms with Crippen molar-refractivity contribution in [1.29, 1.82) is 0 Å². The van der Waals surface area contributed by atoms with E-state index >= 15 is 0 Å². The van der Waals surface area contributed by atoms with Gasteiger partial charge in [-0.2, -0.15) is 10.2 Å². The molecule has 1 N–H and O–H groups in total. The zero-order valence-corrected chi connectivity index (χ0v) is 13.1. The predicted octanol–water partition coefficient (Wildman–Crippen LogP) is 5.46. The Balaban J connectivity index is 1.62. The minimum Gasteiger partial charge on any atom is -0.361 e. The lowest BCUT2D eigenvalue weighted by Gasteiger charge is -2.02. The van der Waals surface area contributed by atoms with Gasteiger partial charge in [0.25, 0.3) is 0 Å². The first-order chi connectivity index (χ1) is 11.2. The number of hydrogen-bond acceptors (Lipinski definition) is 4. The van der Waals surface area contributed by atoms with Crippen molar-refractivity contribution < 1.29 is 4.79 Å². The molecule has 0 saturated heterocycles. The number of carbonyl (C=O) groups is 1. The minimum atomic E-state index is 0.251. The lowest BCUT2D eigenvalue weighted by molar-refractivity contribution is -0.114. The Bertz CT molecular complexity index is 743. The maximum Gasteiger partial charge on any atom is 0.160 e. The van der Waals surface area contributed by atoms with Crippen LogP contribution in [0.4, 0.5) is 17.1 Å². The number of benzene rings is 2. The molecule has 2 aromatic rings. The normalized spacial score (nSPS) is 16.4. The Morgan fingerprint density at radius 2 is 1.52 bits per heavy atom. The van der Waals surface area contributed by atoms with E-state index in [1.165, 1.54) is 5.56 Å². The van der Waals surface area contributed by atoms with E-state index in [4.69, 9.17) is 0 Å². The summed E-state index contributed by atoms with van der Waals surface area (Å²) < 4.78 is 0. The van der Waals surface area contributed by atoms with Gasteiger partial charge in [0.15, 0.2) is 5.78 Å². The summed E-state index contributed by atoms with van der Waals surface area (Å²) in [7, 11) is 0. The summed E-state index contributed by atoms with van der Waals surface area (Å²) in [5.41, 5.74) is 4.65. The lowest BCUT2D eigenvalue weighted by Crippen LogP contribution is -1.96. The van der Waals surface area contributed by atoms with E-state index in [1.807, 2.05) is 61.7 Å². The first-order valence-corrected chi connectivity index (χ1v) is 7.78. The smallest absolute Gasteiger partial charge is 0.160 e. The van der Waals surface area contributed by atoms with E-state index in [2.05, 4.69) is 15.5 Å². The fourth-order valence-corrected chi connectivity index (χ4v) is 2.41. The summed E-state index contributed by atoms with van der Waals surface area (Å²) in [5, 5.41) is 11.6. The van der Waals surface area contributed by atoms with E-state index in [1.54, 1.807) is 0 Å². The highest BCUT2D eigenvalue weighted by Crippen LogP contribution is 2.22. The largest absolute Gasteiger partial charge is 0.361 e. The molecule has 0 amide bonds. The van der Waals surface area contributed by atoms with Crippen LogP contribution in [0.3, 0.4) is 0 Å². The van der Waals surface area contributed by atoms with Gasteiger partial charge in [0.2, 0.25) is 0 Å². The third-order valence-corrected chi connectivity index (χ3v) is 3.80.